The average Bonchev–Trinajstić information content (AvgIpc) is 3.30. The van der Waals surface area contributed by atoms with Crippen molar-refractivity contribution in [2.24, 2.45) is 0 Å². The van der Waals surface area contributed by atoms with Crippen LogP contribution >= 0.6 is 11.5 Å². The molecule has 0 unspecified atom stereocenters. The highest BCUT2D eigenvalue weighted by Crippen LogP contribution is 2.21. The van der Waals surface area contributed by atoms with Gasteiger partial charge in [-0.25, -0.2) is 9.78 Å². The van der Waals surface area contributed by atoms with Gasteiger partial charge in [-0.15, -0.1) is 0 Å². The van der Waals surface area contributed by atoms with E-state index in [0.717, 1.165) is 55.8 Å². The van der Waals surface area contributed by atoms with Crippen LogP contribution in [-0.4, -0.2) is 59.6 Å². The topological polar surface area (TPSA) is 73.4 Å². The van der Waals surface area contributed by atoms with Gasteiger partial charge in [-0.1, -0.05) is 55.8 Å². The van der Waals surface area contributed by atoms with Crippen molar-refractivity contribution in [1.29, 1.82) is 0 Å². The van der Waals surface area contributed by atoms with Gasteiger partial charge in [0.25, 0.3) is 0 Å². The number of carbonyl (C=O) groups excluding carboxylic acids is 1. The Morgan fingerprint density at radius 2 is 1.74 bits per heavy atom. The first-order valence-corrected chi connectivity index (χ1v) is 12.7. The summed E-state index contributed by atoms with van der Waals surface area (Å²) in [5, 5.41) is 6.87. The van der Waals surface area contributed by atoms with Crippen LogP contribution in [0.5, 0.6) is 0 Å². The van der Waals surface area contributed by atoms with Gasteiger partial charge in [0.05, 0.1) is 0 Å². The number of hydrogen-bond donors (Lipinski definition) is 2. The summed E-state index contributed by atoms with van der Waals surface area (Å²) in [4.78, 5) is 21.7. The number of urea groups is 1. The number of hydrogen-bond acceptors (Lipinski definition) is 6. The van der Waals surface area contributed by atoms with Crippen LogP contribution in [0.1, 0.15) is 42.3 Å². The lowest BCUT2D eigenvalue weighted by atomic mass is 10.0. The van der Waals surface area contributed by atoms with Crippen LogP contribution in [-0.2, 0) is 6.42 Å². The zero-order chi connectivity index (χ0) is 23.9. The predicted molar refractivity (Wildman–Crippen MR) is 140 cm³/mol. The molecule has 0 radical (unpaired) electrons. The lowest BCUT2D eigenvalue weighted by molar-refractivity contribution is 0.240. The Morgan fingerprint density at radius 3 is 2.41 bits per heavy atom. The molecule has 0 bridgehead atoms. The maximum Gasteiger partial charge on any atom is 0.319 e. The molecule has 4 rings (SSSR count). The van der Waals surface area contributed by atoms with Gasteiger partial charge in [-0.05, 0) is 36.1 Å². The number of amides is 2. The zero-order valence-corrected chi connectivity index (χ0v) is 21.1. The van der Waals surface area contributed by atoms with Gasteiger partial charge < -0.3 is 15.5 Å². The summed E-state index contributed by atoms with van der Waals surface area (Å²) in [5.74, 6) is 1.37. The summed E-state index contributed by atoms with van der Waals surface area (Å²) in [7, 11) is 0. The van der Waals surface area contributed by atoms with E-state index in [1.54, 1.807) is 0 Å². The van der Waals surface area contributed by atoms with Gasteiger partial charge >= 0.3 is 6.03 Å². The molecule has 3 aromatic rings. The van der Waals surface area contributed by atoms with Crippen LogP contribution in [0.3, 0.4) is 0 Å². The Labute approximate surface area is 206 Å². The van der Waals surface area contributed by atoms with Crippen molar-refractivity contribution < 1.29 is 4.79 Å². The zero-order valence-electron chi connectivity index (χ0n) is 20.3. The van der Waals surface area contributed by atoms with Crippen LogP contribution in [0.15, 0.2) is 48.5 Å². The number of piperazine rings is 1. The molecule has 180 valence electrons. The highest BCUT2D eigenvalue weighted by molar-refractivity contribution is 7.09. The van der Waals surface area contributed by atoms with Gasteiger partial charge in [-0.2, -0.15) is 4.37 Å². The lowest BCUT2D eigenvalue weighted by Gasteiger charge is -2.34. The molecule has 1 aliphatic heterocycles. The third kappa shape index (κ3) is 6.77. The number of nitrogens with zero attached hydrogens (tertiary/aromatic N) is 4. The van der Waals surface area contributed by atoms with Crippen LogP contribution in [0.2, 0.25) is 0 Å². The van der Waals surface area contributed by atoms with E-state index in [0.29, 0.717) is 12.5 Å². The van der Waals surface area contributed by atoms with E-state index < -0.39 is 0 Å². The maximum absolute atomic E-state index is 12.2. The van der Waals surface area contributed by atoms with E-state index in [1.807, 2.05) is 12.1 Å². The van der Waals surface area contributed by atoms with E-state index in [2.05, 4.69) is 82.0 Å². The molecule has 2 aromatic carbocycles. The summed E-state index contributed by atoms with van der Waals surface area (Å²) < 4.78 is 4.57. The number of nitrogens with one attached hydrogen (secondary N) is 2. The Hall–Kier alpha value is -2.97. The standard InChI is InChI=1S/C26H34N6OS/c1-19(2)22-8-10-23(11-9-22)28-25(33)27-12-13-31-14-16-32(17-15-31)26-29-24(30-34-26)18-21-6-4-20(3)5-7-21/h4-11,19H,12-18H2,1-3H3,(H2,27,28,33). The van der Waals surface area contributed by atoms with E-state index in [9.17, 15) is 4.79 Å². The Kier molecular flexibility index (Phi) is 8.13. The summed E-state index contributed by atoms with van der Waals surface area (Å²) >= 11 is 1.49. The van der Waals surface area contributed by atoms with Gasteiger partial charge in [0.15, 0.2) is 0 Å². The first-order chi connectivity index (χ1) is 16.5. The normalized spacial score (nSPS) is 14.4. The molecule has 0 saturated carbocycles. The Morgan fingerprint density at radius 1 is 1.03 bits per heavy atom. The van der Waals surface area contributed by atoms with E-state index >= 15 is 0 Å². The van der Waals surface area contributed by atoms with E-state index in [-0.39, 0.29) is 6.03 Å². The summed E-state index contributed by atoms with van der Waals surface area (Å²) in [6, 6.07) is 16.4. The number of aromatic nitrogens is 2. The Bertz CT molecular complexity index is 1060. The highest BCUT2D eigenvalue weighted by Gasteiger charge is 2.20. The van der Waals surface area contributed by atoms with E-state index in [4.69, 9.17) is 4.98 Å². The number of benzene rings is 2. The molecular weight excluding hydrogens is 444 g/mol. The predicted octanol–water partition coefficient (Wildman–Crippen LogP) is 4.50. The van der Waals surface area contributed by atoms with Crippen molar-refractivity contribution in [2.45, 2.75) is 33.1 Å². The van der Waals surface area contributed by atoms with Crippen LogP contribution < -0.4 is 15.5 Å². The van der Waals surface area contributed by atoms with Crippen molar-refractivity contribution in [1.82, 2.24) is 19.6 Å². The molecule has 34 heavy (non-hydrogen) atoms. The SMILES string of the molecule is Cc1ccc(Cc2nsc(N3CCN(CCNC(=O)Nc4ccc(C(C)C)cc4)CC3)n2)cc1. The molecule has 2 amide bonds. The average molecular weight is 479 g/mol. The molecule has 0 aliphatic carbocycles. The van der Waals surface area contributed by atoms with Crippen LogP contribution in [0.25, 0.3) is 0 Å². The molecule has 1 saturated heterocycles. The minimum atomic E-state index is -0.161. The van der Waals surface area contributed by atoms with Gasteiger partial charge in [0, 0.05) is 62.9 Å². The third-order valence-electron chi connectivity index (χ3n) is 6.13. The number of anilines is 2. The number of carbonyl (C=O) groups is 1. The first-order valence-electron chi connectivity index (χ1n) is 12.0. The molecule has 8 heteroatoms. The highest BCUT2D eigenvalue weighted by atomic mass is 32.1. The molecule has 0 atom stereocenters. The molecule has 1 aliphatic rings. The molecule has 2 heterocycles. The van der Waals surface area contributed by atoms with Gasteiger partial charge in [-0.3, -0.25) is 4.90 Å². The molecule has 1 fully saturated rings. The second-order valence-corrected chi connectivity index (χ2v) is 9.87. The van der Waals surface area contributed by atoms with E-state index in [1.165, 1.54) is 28.2 Å². The van der Waals surface area contributed by atoms with Gasteiger partial charge in [0.2, 0.25) is 5.13 Å². The molecule has 2 N–H and O–H groups in total. The molecule has 7 nitrogen and oxygen atoms in total. The van der Waals surface area contributed by atoms with Crippen molar-refractivity contribution in [3.05, 3.63) is 71.0 Å². The van der Waals surface area contributed by atoms with Crippen molar-refractivity contribution >= 4 is 28.4 Å². The largest absolute Gasteiger partial charge is 0.344 e. The summed E-state index contributed by atoms with van der Waals surface area (Å²) in [5.41, 5.74) is 4.58. The minimum Gasteiger partial charge on any atom is -0.344 e. The fraction of sp³-hybridized carbons (Fsp3) is 0.423. The third-order valence-corrected chi connectivity index (χ3v) is 6.95. The quantitative estimate of drug-likeness (QED) is 0.499. The lowest BCUT2D eigenvalue weighted by Crippen LogP contribution is -2.48. The summed E-state index contributed by atoms with van der Waals surface area (Å²) in [6.45, 7) is 11.6. The van der Waals surface area contributed by atoms with Crippen molar-refractivity contribution in [3.63, 3.8) is 0 Å². The monoisotopic (exact) mass is 478 g/mol. The van der Waals surface area contributed by atoms with Crippen LogP contribution in [0, 0.1) is 6.92 Å². The molecule has 1 aromatic heterocycles. The molecular formula is C26H34N6OS. The van der Waals surface area contributed by atoms with Gasteiger partial charge in [0.1, 0.15) is 5.82 Å². The fourth-order valence-corrected chi connectivity index (χ4v) is 4.69. The van der Waals surface area contributed by atoms with Crippen molar-refractivity contribution in [3.8, 4) is 0 Å². The fourth-order valence-electron chi connectivity index (χ4n) is 3.95. The summed E-state index contributed by atoms with van der Waals surface area (Å²) in [6.07, 6.45) is 0.770. The maximum atomic E-state index is 12.2. The smallest absolute Gasteiger partial charge is 0.319 e. The second kappa shape index (κ2) is 11.4. The first kappa shape index (κ1) is 24.2. The number of aryl methyl sites for hydroxylation is 1. The second-order valence-electron chi connectivity index (χ2n) is 9.14. The minimum absolute atomic E-state index is 0.161. The van der Waals surface area contributed by atoms with Crippen molar-refractivity contribution in [2.75, 3.05) is 49.5 Å². The number of rotatable bonds is 8. The van der Waals surface area contributed by atoms with Crippen LogP contribution in [0.4, 0.5) is 15.6 Å². The Balaban J connectivity index is 1.15. The molecule has 0 spiro atoms.